The van der Waals surface area contributed by atoms with E-state index in [1.54, 1.807) is 0 Å². The van der Waals surface area contributed by atoms with Gasteiger partial charge in [-0.3, -0.25) is 0 Å². The molecule has 1 aliphatic carbocycles. The first-order valence-electron chi connectivity index (χ1n) is 7.09. The van der Waals surface area contributed by atoms with Crippen molar-refractivity contribution < 1.29 is 4.52 Å². The van der Waals surface area contributed by atoms with E-state index in [-0.39, 0.29) is 0 Å². The van der Waals surface area contributed by atoms with Crippen LogP contribution in [0.1, 0.15) is 43.0 Å². The summed E-state index contributed by atoms with van der Waals surface area (Å²) in [4.78, 5) is 4.41. The number of nitrogens with one attached hydrogen (secondary N) is 1. The highest BCUT2D eigenvalue weighted by Gasteiger charge is 2.15. The summed E-state index contributed by atoms with van der Waals surface area (Å²) in [6, 6.07) is 8.34. The van der Waals surface area contributed by atoms with E-state index >= 15 is 0 Å². The Labute approximate surface area is 123 Å². The maximum Gasteiger partial charge on any atom is 0.240 e. The fraction of sp³-hybridized carbons (Fsp3) is 0.467. The second kappa shape index (κ2) is 6.37. The fourth-order valence-corrected chi connectivity index (χ4v) is 2.81. The third-order valence-electron chi connectivity index (χ3n) is 3.71. The van der Waals surface area contributed by atoms with Crippen LogP contribution in [-0.4, -0.2) is 16.2 Å². The molecule has 1 saturated carbocycles. The lowest BCUT2D eigenvalue weighted by Crippen LogP contribution is -2.25. The molecule has 0 bridgehead atoms. The number of rotatable bonds is 5. The highest BCUT2D eigenvalue weighted by molar-refractivity contribution is 6.31. The zero-order valence-electron chi connectivity index (χ0n) is 11.3. The molecule has 0 aliphatic heterocycles. The molecule has 1 heterocycles. The van der Waals surface area contributed by atoms with E-state index in [4.69, 9.17) is 16.1 Å². The van der Waals surface area contributed by atoms with E-state index in [0.29, 0.717) is 30.7 Å². The van der Waals surface area contributed by atoms with Crippen molar-refractivity contribution in [1.82, 2.24) is 15.5 Å². The Kier molecular flexibility index (Phi) is 4.33. The number of hydrogen-bond acceptors (Lipinski definition) is 4. The summed E-state index contributed by atoms with van der Waals surface area (Å²) in [6.45, 7) is 0.653. The van der Waals surface area contributed by atoms with Gasteiger partial charge in [-0.15, -0.1) is 0 Å². The molecule has 1 aliphatic rings. The van der Waals surface area contributed by atoms with Gasteiger partial charge in [-0.1, -0.05) is 47.8 Å². The molecule has 2 aromatic rings. The van der Waals surface area contributed by atoms with E-state index in [1.165, 1.54) is 25.7 Å². The SMILES string of the molecule is Clc1ccccc1Cc1noc(CNC2CCCC2)n1. The van der Waals surface area contributed by atoms with Gasteiger partial charge in [-0.2, -0.15) is 4.98 Å². The van der Waals surface area contributed by atoms with Crippen LogP contribution in [0.15, 0.2) is 28.8 Å². The van der Waals surface area contributed by atoms with Crippen LogP contribution in [0.5, 0.6) is 0 Å². The third kappa shape index (κ3) is 3.38. The average molecular weight is 292 g/mol. The Morgan fingerprint density at radius 3 is 2.85 bits per heavy atom. The molecule has 1 N–H and O–H groups in total. The molecule has 1 fully saturated rings. The summed E-state index contributed by atoms with van der Waals surface area (Å²) < 4.78 is 5.27. The summed E-state index contributed by atoms with van der Waals surface area (Å²) in [5, 5.41) is 8.22. The summed E-state index contributed by atoms with van der Waals surface area (Å²) >= 11 is 6.13. The van der Waals surface area contributed by atoms with Crippen molar-refractivity contribution in [2.24, 2.45) is 0 Å². The molecule has 0 amide bonds. The van der Waals surface area contributed by atoms with Gasteiger partial charge in [0.05, 0.1) is 6.54 Å². The van der Waals surface area contributed by atoms with Crippen LogP contribution in [0.2, 0.25) is 5.02 Å². The maximum absolute atomic E-state index is 6.13. The Morgan fingerprint density at radius 1 is 1.25 bits per heavy atom. The molecule has 1 aromatic heterocycles. The standard InChI is InChI=1S/C15H18ClN3O/c16-13-8-4-1-5-11(13)9-14-18-15(20-19-14)10-17-12-6-2-3-7-12/h1,4-5,8,12,17H,2-3,6-7,9-10H2. The molecule has 5 heteroatoms. The number of nitrogens with zero attached hydrogens (tertiary/aromatic N) is 2. The maximum atomic E-state index is 6.13. The van der Waals surface area contributed by atoms with E-state index in [2.05, 4.69) is 15.5 Å². The van der Waals surface area contributed by atoms with Gasteiger partial charge in [-0.25, -0.2) is 0 Å². The summed E-state index contributed by atoms with van der Waals surface area (Å²) in [5.74, 6) is 1.33. The van der Waals surface area contributed by atoms with Crippen LogP contribution in [0.4, 0.5) is 0 Å². The van der Waals surface area contributed by atoms with Crippen molar-refractivity contribution in [3.05, 3.63) is 46.6 Å². The van der Waals surface area contributed by atoms with Crippen molar-refractivity contribution in [2.75, 3.05) is 0 Å². The van der Waals surface area contributed by atoms with E-state index in [1.807, 2.05) is 24.3 Å². The molecule has 106 valence electrons. The van der Waals surface area contributed by atoms with Gasteiger partial charge in [0.25, 0.3) is 0 Å². The topological polar surface area (TPSA) is 51.0 Å². The second-order valence-electron chi connectivity index (χ2n) is 5.23. The zero-order chi connectivity index (χ0) is 13.8. The van der Waals surface area contributed by atoms with E-state index in [0.717, 1.165) is 10.6 Å². The first-order chi connectivity index (χ1) is 9.81. The van der Waals surface area contributed by atoms with E-state index in [9.17, 15) is 0 Å². The van der Waals surface area contributed by atoms with Crippen molar-refractivity contribution in [3.8, 4) is 0 Å². The Morgan fingerprint density at radius 2 is 2.05 bits per heavy atom. The van der Waals surface area contributed by atoms with Gasteiger partial charge in [0.15, 0.2) is 5.82 Å². The summed E-state index contributed by atoms with van der Waals surface area (Å²) in [6.07, 6.45) is 5.74. The lowest BCUT2D eigenvalue weighted by Gasteiger charge is -2.08. The first-order valence-corrected chi connectivity index (χ1v) is 7.47. The third-order valence-corrected chi connectivity index (χ3v) is 4.08. The van der Waals surface area contributed by atoms with Crippen LogP contribution in [0, 0.1) is 0 Å². The van der Waals surface area contributed by atoms with Crippen LogP contribution in [-0.2, 0) is 13.0 Å². The monoisotopic (exact) mass is 291 g/mol. The molecule has 1 aromatic carbocycles. The molecule has 0 radical (unpaired) electrons. The van der Waals surface area contributed by atoms with Crippen molar-refractivity contribution in [3.63, 3.8) is 0 Å². The average Bonchev–Trinajstić information content (AvgIpc) is 3.10. The molecule has 0 spiro atoms. The smallest absolute Gasteiger partial charge is 0.240 e. The quantitative estimate of drug-likeness (QED) is 0.918. The lowest BCUT2D eigenvalue weighted by atomic mass is 10.1. The Bertz CT molecular complexity index is 564. The van der Waals surface area contributed by atoms with Gasteiger partial charge < -0.3 is 9.84 Å². The highest BCUT2D eigenvalue weighted by atomic mass is 35.5. The number of aromatic nitrogens is 2. The molecular weight excluding hydrogens is 274 g/mol. The minimum Gasteiger partial charge on any atom is -0.338 e. The van der Waals surface area contributed by atoms with Gasteiger partial charge in [0.2, 0.25) is 5.89 Å². The normalized spacial score (nSPS) is 15.8. The van der Waals surface area contributed by atoms with Crippen LogP contribution in [0.25, 0.3) is 0 Å². The number of hydrogen-bond donors (Lipinski definition) is 1. The minimum atomic E-state index is 0.604. The molecule has 4 nitrogen and oxygen atoms in total. The largest absolute Gasteiger partial charge is 0.338 e. The van der Waals surface area contributed by atoms with Crippen LogP contribution in [0.3, 0.4) is 0 Å². The molecule has 20 heavy (non-hydrogen) atoms. The van der Waals surface area contributed by atoms with Gasteiger partial charge in [0, 0.05) is 17.5 Å². The molecular formula is C15H18ClN3O. The van der Waals surface area contributed by atoms with Crippen molar-refractivity contribution >= 4 is 11.6 Å². The molecule has 3 rings (SSSR count). The zero-order valence-corrected chi connectivity index (χ0v) is 12.1. The summed E-state index contributed by atoms with van der Waals surface area (Å²) in [7, 11) is 0. The predicted molar refractivity (Wildman–Crippen MR) is 77.7 cm³/mol. The van der Waals surface area contributed by atoms with Crippen molar-refractivity contribution in [2.45, 2.75) is 44.7 Å². The number of halogens is 1. The second-order valence-corrected chi connectivity index (χ2v) is 5.64. The minimum absolute atomic E-state index is 0.604. The Hall–Kier alpha value is -1.39. The van der Waals surface area contributed by atoms with Crippen LogP contribution < -0.4 is 5.32 Å². The van der Waals surface area contributed by atoms with Gasteiger partial charge >= 0.3 is 0 Å². The molecule has 0 unspecified atom stereocenters. The fourth-order valence-electron chi connectivity index (χ4n) is 2.61. The van der Waals surface area contributed by atoms with E-state index < -0.39 is 0 Å². The first kappa shape index (κ1) is 13.6. The lowest BCUT2D eigenvalue weighted by molar-refractivity contribution is 0.353. The van der Waals surface area contributed by atoms with Gasteiger partial charge in [0.1, 0.15) is 0 Å². The highest BCUT2D eigenvalue weighted by Crippen LogP contribution is 2.19. The predicted octanol–water partition coefficient (Wildman–Crippen LogP) is 3.35. The van der Waals surface area contributed by atoms with Gasteiger partial charge in [-0.05, 0) is 24.5 Å². The molecule has 0 atom stereocenters. The summed E-state index contributed by atoms with van der Waals surface area (Å²) in [5.41, 5.74) is 1.02. The molecule has 0 saturated heterocycles. The van der Waals surface area contributed by atoms with Crippen molar-refractivity contribution in [1.29, 1.82) is 0 Å². The van der Waals surface area contributed by atoms with Crippen LogP contribution >= 0.6 is 11.6 Å². The Balaban J connectivity index is 1.57. The number of benzene rings is 1.